The number of hydrogen-bond acceptors (Lipinski definition) is 5. The quantitative estimate of drug-likeness (QED) is 0.636. The van der Waals surface area contributed by atoms with Crippen LogP contribution < -0.4 is 5.32 Å². The molecule has 2 rings (SSSR count). The zero-order valence-corrected chi connectivity index (χ0v) is 16.1. The minimum atomic E-state index is -0.935. The van der Waals surface area contributed by atoms with Crippen molar-refractivity contribution in [3.8, 4) is 0 Å². The molecule has 0 unspecified atom stereocenters. The molecular formula is C19H32N2O5. The van der Waals surface area contributed by atoms with E-state index in [4.69, 9.17) is 4.74 Å². The first-order chi connectivity index (χ1) is 12.4. The molecule has 7 nitrogen and oxygen atoms in total. The standard InChI is InChI=1S/C19H32N2O5/c1-4-8-14(19(25)26-5-2)20-12(3)17(22)21-15-10-7-6-9-13(15)11-16(21)18(23)24/h12-16,20H,4-11H2,1-3H3,(H,23,24)/t12-,13+,14-,15+,16+/m0/s1. The van der Waals surface area contributed by atoms with E-state index in [1.54, 1.807) is 18.7 Å². The molecule has 0 bridgehead atoms. The number of fused-ring (bicyclic) bond motifs is 1. The van der Waals surface area contributed by atoms with Gasteiger partial charge >= 0.3 is 11.9 Å². The number of nitrogens with one attached hydrogen (secondary N) is 1. The number of aliphatic carboxylic acids is 1. The Morgan fingerprint density at radius 3 is 2.54 bits per heavy atom. The van der Waals surface area contributed by atoms with Crippen molar-refractivity contribution in [2.24, 2.45) is 5.92 Å². The van der Waals surface area contributed by atoms with Gasteiger partial charge in [-0.3, -0.25) is 14.9 Å². The number of carboxylic acids is 1. The van der Waals surface area contributed by atoms with Crippen molar-refractivity contribution in [2.75, 3.05) is 6.61 Å². The van der Waals surface area contributed by atoms with Crippen LogP contribution in [0.1, 0.15) is 65.7 Å². The number of carboxylic acid groups (broad SMARTS) is 1. The minimum Gasteiger partial charge on any atom is -0.480 e. The molecule has 1 saturated heterocycles. The Bertz CT molecular complexity index is 524. The van der Waals surface area contributed by atoms with Crippen molar-refractivity contribution >= 4 is 17.8 Å². The van der Waals surface area contributed by atoms with Crippen molar-refractivity contribution in [1.29, 1.82) is 0 Å². The molecule has 0 spiro atoms. The fourth-order valence-electron chi connectivity index (χ4n) is 4.39. The topological polar surface area (TPSA) is 95.9 Å². The smallest absolute Gasteiger partial charge is 0.326 e. The Hall–Kier alpha value is -1.63. The zero-order chi connectivity index (χ0) is 19.3. The van der Waals surface area contributed by atoms with E-state index in [1.165, 1.54) is 0 Å². The fraction of sp³-hybridized carbons (Fsp3) is 0.842. The average Bonchev–Trinajstić information content (AvgIpc) is 3.00. The fourth-order valence-corrected chi connectivity index (χ4v) is 4.39. The molecule has 0 radical (unpaired) electrons. The van der Waals surface area contributed by atoms with Gasteiger partial charge in [-0.1, -0.05) is 26.2 Å². The van der Waals surface area contributed by atoms with Crippen LogP contribution >= 0.6 is 0 Å². The highest BCUT2D eigenvalue weighted by Gasteiger charge is 2.48. The van der Waals surface area contributed by atoms with Crippen LogP contribution in [0.25, 0.3) is 0 Å². The zero-order valence-electron chi connectivity index (χ0n) is 16.1. The highest BCUT2D eigenvalue weighted by molar-refractivity contribution is 5.88. The van der Waals surface area contributed by atoms with Crippen LogP contribution in [-0.4, -0.2) is 58.6 Å². The first-order valence-corrected chi connectivity index (χ1v) is 9.88. The molecule has 7 heteroatoms. The maximum Gasteiger partial charge on any atom is 0.326 e. The lowest BCUT2D eigenvalue weighted by Gasteiger charge is -2.35. The molecule has 0 aromatic carbocycles. The Labute approximate surface area is 155 Å². The number of rotatable bonds is 8. The molecule has 26 heavy (non-hydrogen) atoms. The number of carbonyl (C=O) groups is 3. The summed E-state index contributed by atoms with van der Waals surface area (Å²) in [7, 11) is 0. The molecule has 5 atom stereocenters. The first kappa shape index (κ1) is 20.7. The Kier molecular flexibility index (Phi) is 7.43. The lowest BCUT2D eigenvalue weighted by molar-refractivity contribution is -0.152. The monoisotopic (exact) mass is 368 g/mol. The summed E-state index contributed by atoms with van der Waals surface area (Å²) in [5.74, 6) is -1.24. The Balaban J connectivity index is 2.10. The summed E-state index contributed by atoms with van der Waals surface area (Å²) >= 11 is 0. The van der Waals surface area contributed by atoms with Crippen LogP contribution in [0.2, 0.25) is 0 Å². The summed E-state index contributed by atoms with van der Waals surface area (Å²) < 4.78 is 5.09. The molecule has 2 fully saturated rings. The van der Waals surface area contributed by atoms with E-state index in [0.717, 1.165) is 32.1 Å². The van der Waals surface area contributed by atoms with Crippen LogP contribution in [0, 0.1) is 5.92 Å². The molecule has 1 saturated carbocycles. The third-order valence-corrected chi connectivity index (χ3v) is 5.60. The normalized spacial score (nSPS) is 27.5. The van der Waals surface area contributed by atoms with E-state index in [-0.39, 0.29) is 23.8 Å². The van der Waals surface area contributed by atoms with Gasteiger partial charge in [-0.2, -0.15) is 0 Å². The number of hydrogen-bond donors (Lipinski definition) is 2. The summed E-state index contributed by atoms with van der Waals surface area (Å²) in [4.78, 5) is 38.5. The number of likely N-dealkylation sites (tertiary alicyclic amines) is 1. The van der Waals surface area contributed by atoms with E-state index in [0.29, 0.717) is 19.4 Å². The van der Waals surface area contributed by atoms with E-state index < -0.39 is 24.1 Å². The SMILES string of the molecule is CCC[C@H](N[C@@H](C)C(=O)N1[C@@H](C(=O)O)C[C@H]2CCCC[C@H]21)C(=O)OCC. The number of esters is 1. The second kappa shape index (κ2) is 9.35. The highest BCUT2D eigenvalue weighted by Crippen LogP contribution is 2.40. The van der Waals surface area contributed by atoms with Crippen molar-refractivity contribution in [3.05, 3.63) is 0 Å². The van der Waals surface area contributed by atoms with E-state index in [2.05, 4.69) is 5.32 Å². The molecule has 1 heterocycles. The Morgan fingerprint density at radius 2 is 1.92 bits per heavy atom. The van der Waals surface area contributed by atoms with Gasteiger partial charge in [-0.05, 0) is 45.4 Å². The highest BCUT2D eigenvalue weighted by atomic mass is 16.5. The molecule has 0 aromatic rings. The summed E-state index contributed by atoms with van der Waals surface area (Å²) in [6.45, 7) is 5.72. The van der Waals surface area contributed by atoms with Crippen LogP contribution in [-0.2, 0) is 19.1 Å². The molecule has 2 N–H and O–H groups in total. The molecule has 1 aliphatic heterocycles. The minimum absolute atomic E-state index is 0.00817. The maximum atomic E-state index is 13.1. The second-order valence-electron chi connectivity index (χ2n) is 7.43. The summed E-state index contributed by atoms with van der Waals surface area (Å²) in [6.07, 6.45) is 5.87. The number of carbonyl (C=O) groups excluding carboxylic acids is 2. The number of ether oxygens (including phenoxy) is 1. The van der Waals surface area contributed by atoms with E-state index in [1.807, 2.05) is 6.92 Å². The van der Waals surface area contributed by atoms with Crippen molar-refractivity contribution in [3.63, 3.8) is 0 Å². The number of nitrogens with zero attached hydrogens (tertiary/aromatic N) is 1. The molecule has 148 valence electrons. The summed E-state index contributed by atoms with van der Waals surface area (Å²) in [5, 5.41) is 12.7. The molecular weight excluding hydrogens is 336 g/mol. The average molecular weight is 368 g/mol. The first-order valence-electron chi connectivity index (χ1n) is 9.88. The van der Waals surface area contributed by atoms with Gasteiger partial charge in [0.15, 0.2) is 0 Å². The third kappa shape index (κ3) is 4.55. The van der Waals surface area contributed by atoms with Gasteiger partial charge in [0.2, 0.25) is 5.91 Å². The van der Waals surface area contributed by atoms with Crippen LogP contribution in [0.3, 0.4) is 0 Å². The van der Waals surface area contributed by atoms with Crippen molar-refractivity contribution < 1.29 is 24.2 Å². The van der Waals surface area contributed by atoms with Gasteiger partial charge < -0.3 is 14.7 Å². The van der Waals surface area contributed by atoms with Crippen LogP contribution in [0.4, 0.5) is 0 Å². The maximum absolute atomic E-state index is 13.1. The predicted octanol–water partition coefficient (Wildman–Crippen LogP) is 1.94. The molecule has 2 aliphatic rings. The van der Waals surface area contributed by atoms with Gasteiger partial charge in [-0.15, -0.1) is 0 Å². The van der Waals surface area contributed by atoms with E-state index >= 15 is 0 Å². The van der Waals surface area contributed by atoms with Crippen LogP contribution in [0.15, 0.2) is 0 Å². The van der Waals surface area contributed by atoms with E-state index in [9.17, 15) is 19.5 Å². The van der Waals surface area contributed by atoms with Gasteiger partial charge in [-0.25, -0.2) is 4.79 Å². The summed E-state index contributed by atoms with van der Waals surface area (Å²) in [6, 6.07) is -1.92. The van der Waals surface area contributed by atoms with Gasteiger partial charge in [0, 0.05) is 6.04 Å². The molecule has 1 aliphatic carbocycles. The van der Waals surface area contributed by atoms with Crippen molar-refractivity contribution in [1.82, 2.24) is 10.2 Å². The summed E-state index contributed by atoms with van der Waals surface area (Å²) in [5.41, 5.74) is 0. The van der Waals surface area contributed by atoms with Crippen molar-refractivity contribution in [2.45, 2.75) is 89.9 Å². The lowest BCUT2D eigenvalue weighted by Crippen LogP contribution is -2.55. The lowest BCUT2D eigenvalue weighted by atomic mass is 9.84. The van der Waals surface area contributed by atoms with Gasteiger partial charge in [0.1, 0.15) is 12.1 Å². The molecule has 1 amide bonds. The second-order valence-corrected chi connectivity index (χ2v) is 7.43. The Morgan fingerprint density at radius 1 is 1.23 bits per heavy atom. The van der Waals surface area contributed by atoms with Gasteiger partial charge in [0.05, 0.1) is 12.6 Å². The predicted molar refractivity (Wildman–Crippen MR) is 96.6 cm³/mol. The largest absolute Gasteiger partial charge is 0.480 e. The molecule has 0 aromatic heterocycles. The van der Waals surface area contributed by atoms with Crippen LogP contribution in [0.5, 0.6) is 0 Å². The third-order valence-electron chi connectivity index (χ3n) is 5.60. The number of amides is 1. The van der Waals surface area contributed by atoms with Gasteiger partial charge in [0.25, 0.3) is 0 Å².